The average molecular weight is 288 g/mol. The Morgan fingerprint density at radius 2 is 1.90 bits per heavy atom. The summed E-state index contributed by atoms with van der Waals surface area (Å²) < 4.78 is 5.38. The third-order valence-corrected chi connectivity index (χ3v) is 4.57. The molecule has 1 heterocycles. The van der Waals surface area contributed by atoms with Crippen molar-refractivity contribution in [2.75, 3.05) is 42.6 Å². The third-order valence-electron chi connectivity index (χ3n) is 4.57. The lowest BCUT2D eigenvalue weighted by Gasteiger charge is -2.32. The number of hydrogen-bond acceptors (Lipinski definition) is 3. The summed E-state index contributed by atoms with van der Waals surface area (Å²) >= 11 is 0. The van der Waals surface area contributed by atoms with E-state index >= 15 is 0 Å². The lowest BCUT2D eigenvalue weighted by Crippen LogP contribution is -2.39. The number of nitrogens with zero attached hydrogens (tertiary/aromatic N) is 2. The summed E-state index contributed by atoms with van der Waals surface area (Å²) in [6.07, 6.45) is 3.31. The van der Waals surface area contributed by atoms with Crippen LogP contribution in [0.1, 0.15) is 26.2 Å². The molecule has 1 amide bonds. The monoisotopic (exact) mass is 288 g/mol. The summed E-state index contributed by atoms with van der Waals surface area (Å²) in [6.45, 7) is 6.26. The zero-order valence-electron chi connectivity index (χ0n) is 12.8. The van der Waals surface area contributed by atoms with Crippen molar-refractivity contribution in [3.8, 4) is 0 Å². The fraction of sp³-hybridized carbons (Fsp3) is 0.588. The maximum absolute atomic E-state index is 12.4. The van der Waals surface area contributed by atoms with Crippen LogP contribution in [0.15, 0.2) is 24.3 Å². The van der Waals surface area contributed by atoms with E-state index in [9.17, 15) is 4.79 Å². The highest BCUT2D eigenvalue weighted by molar-refractivity contribution is 5.95. The van der Waals surface area contributed by atoms with Gasteiger partial charge in [-0.2, -0.15) is 0 Å². The molecular weight excluding hydrogens is 264 g/mol. The number of morpholine rings is 1. The predicted octanol–water partition coefficient (Wildman–Crippen LogP) is 2.68. The van der Waals surface area contributed by atoms with Crippen LogP contribution in [0.3, 0.4) is 0 Å². The van der Waals surface area contributed by atoms with E-state index in [1.807, 2.05) is 11.8 Å². The molecule has 1 aromatic carbocycles. The fourth-order valence-corrected chi connectivity index (χ4v) is 3.01. The fourth-order valence-electron chi connectivity index (χ4n) is 3.01. The molecule has 114 valence electrons. The van der Waals surface area contributed by atoms with Crippen molar-refractivity contribution in [2.45, 2.75) is 26.2 Å². The number of carbonyl (C=O) groups excluding carboxylic acids is 1. The smallest absolute Gasteiger partial charge is 0.230 e. The van der Waals surface area contributed by atoms with Gasteiger partial charge in [0.2, 0.25) is 5.91 Å². The van der Waals surface area contributed by atoms with Crippen LogP contribution in [0.5, 0.6) is 0 Å². The molecule has 0 aromatic heterocycles. The first-order valence-corrected chi connectivity index (χ1v) is 8.03. The molecular formula is C17H24N2O2. The van der Waals surface area contributed by atoms with Crippen molar-refractivity contribution >= 4 is 17.3 Å². The highest BCUT2D eigenvalue weighted by Crippen LogP contribution is 2.30. The Morgan fingerprint density at radius 1 is 1.24 bits per heavy atom. The Kier molecular flexibility index (Phi) is 4.44. The second-order valence-electron chi connectivity index (χ2n) is 5.83. The van der Waals surface area contributed by atoms with Crippen molar-refractivity contribution in [3.05, 3.63) is 24.3 Å². The van der Waals surface area contributed by atoms with E-state index in [2.05, 4.69) is 29.2 Å². The number of amides is 1. The van der Waals surface area contributed by atoms with Crippen LogP contribution in [0, 0.1) is 5.92 Å². The lowest BCUT2D eigenvalue weighted by atomic mass is 9.84. The molecule has 2 fully saturated rings. The summed E-state index contributed by atoms with van der Waals surface area (Å²) in [4.78, 5) is 16.7. The lowest BCUT2D eigenvalue weighted by molar-refractivity contribution is -0.124. The van der Waals surface area contributed by atoms with E-state index in [-0.39, 0.29) is 5.92 Å². The molecule has 0 bridgehead atoms. The predicted molar refractivity (Wildman–Crippen MR) is 84.8 cm³/mol. The number of benzene rings is 1. The Bertz CT molecular complexity index is 476. The quantitative estimate of drug-likeness (QED) is 0.854. The summed E-state index contributed by atoms with van der Waals surface area (Å²) in [5, 5.41) is 0. The molecule has 0 unspecified atom stereocenters. The standard InChI is InChI=1S/C17H24N2O2/c1-2-19(17(20)14-4-3-5-14)16-8-6-15(7-9-16)18-10-12-21-13-11-18/h6-9,14H,2-5,10-13H2,1H3. The van der Waals surface area contributed by atoms with Gasteiger partial charge < -0.3 is 14.5 Å². The molecule has 1 aliphatic carbocycles. The van der Waals surface area contributed by atoms with Gasteiger partial charge in [0.15, 0.2) is 0 Å². The summed E-state index contributed by atoms with van der Waals surface area (Å²) in [5.74, 6) is 0.548. The molecule has 0 spiro atoms. The van der Waals surface area contributed by atoms with Crippen LogP contribution in [0.4, 0.5) is 11.4 Å². The normalized spacial score (nSPS) is 19.2. The van der Waals surface area contributed by atoms with Crippen molar-refractivity contribution < 1.29 is 9.53 Å². The van der Waals surface area contributed by atoms with E-state index in [1.54, 1.807) is 0 Å². The zero-order chi connectivity index (χ0) is 14.7. The van der Waals surface area contributed by atoms with Gasteiger partial charge in [-0.1, -0.05) is 6.42 Å². The van der Waals surface area contributed by atoms with Crippen LogP contribution < -0.4 is 9.80 Å². The number of carbonyl (C=O) groups is 1. The van der Waals surface area contributed by atoms with Crippen LogP contribution in [0.2, 0.25) is 0 Å². The Labute approximate surface area is 126 Å². The number of ether oxygens (including phenoxy) is 1. The van der Waals surface area contributed by atoms with E-state index in [0.717, 1.165) is 51.4 Å². The van der Waals surface area contributed by atoms with Gasteiger partial charge in [0, 0.05) is 36.9 Å². The van der Waals surface area contributed by atoms with Gasteiger partial charge >= 0.3 is 0 Å². The van der Waals surface area contributed by atoms with E-state index in [0.29, 0.717) is 5.91 Å². The highest BCUT2D eigenvalue weighted by Gasteiger charge is 2.29. The second-order valence-corrected chi connectivity index (χ2v) is 5.83. The van der Waals surface area contributed by atoms with Gasteiger partial charge in [0.05, 0.1) is 13.2 Å². The summed E-state index contributed by atoms with van der Waals surface area (Å²) in [7, 11) is 0. The highest BCUT2D eigenvalue weighted by atomic mass is 16.5. The molecule has 1 saturated carbocycles. The summed E-state index contributed by atoms with van der Waals surface area (Å²) in [5.41, 5.74) is 2.24. The zero-order valence-corrected chi connectivity index (χ0v) is 12.8. The number of rotatable bonds is 4. The molecule has 0 atom stereocenters. The van der Waals surface area contributed by atoms with Crippen LogP contribution in [-0.2, 0) is 9.53 Å². The van der Waals surface area contributed by atoms with Crippen LogP contribution in [0.25, 0.3) is 0 Å². The molecule has 3 rings (SSSR count). The minimum atomic E-state index is 0.254. The van der Waals surface area contributed by atoms with Crippen LogP contribution >= 0.6 is 0 Å². The van der Waals surface area contributed by atoms with Gasteiger partial charge in [-0.3, -0.25) is 4.79 Å². The van der Waals surface area contributed by atoms with Gasteiger partial charge in [0.25, 0.3) is 0 Å². The van der Waals surface area contributed by atoms with E-state index in [1.165, 1.54) is 12.1 Å². The Balaban J connectivity index is 1.70. The molecule has 4 heteroatoms. The largest absolute Gasteiger partial charge is 0.378 e. The van der Waals surface area contributed by atoms with E-state index in [4.69, 9.17) is 4.74 Å². The van der Waals surface area contributed by atoms with Crippen molar-refractivity contribution in [2.24, 2.45) is 5.92 Å². The molecule has 1 saturated heterocycles. The van der Waals surface area contributed by atoms with Crippen molar-refractivity contribution in [1.29, 1.82) is 0 Å². The minimum absolute atomic E-state index is 0.254. The maximum atomic E-state index is 12.4. The maximum Gasteiger partial charge on any atom is 0.230 e. The molecule has 4 nitrogen and oxygen atoms in total. The Hall–Kier alpha value is -1.55. The van der Waals surface area contributed by atoms with Gasteiger partial charge in [-0.05, 0) is 44.0 Å². The second kappa shape index (κ2) is 6.48. The molecule has 0 radical (unpaired) electrons. The molecule has 1 aromatic rings. The first kappa shape index (κ1) is 14.4. The van der Waals surface area contributed by atoms with Crippen molar-refractivity contribution in [1.82, 2.24) is 0 Å². The first-order chi connectivity index (χ1) is 10.3. The average Bonchev–Trinajstić information content (AvgIpc) is 2.48. The number of hydrogen-bond donors (Lipinski definition) is 0. The van der Waals surface area contributed by atoms with E-state index < -0.39 is 0 Å². The molecule has 21 heavy (non-hydrogen) atoms. The van der Waals surface area contributed by atoms with Gasteiger partial charge in [0.1, 0.15) is 0 Å². The van der Waals surface area contributed by atoms with Crippen molar-refractivity contribution in [3.63, 3.8) is 0 Å². The summed E-state index contributed by atoms with van der Waals surface area (Å²) in [6, 6.07) is 8.39. The minimum Gasteiger partial charge on any atom is -0.378 e. The topological polar surface area (TPSA) is 32.8 Å². The third kappa shape index (κ3) is 3.05. The number of anilines is 2. The van der Waals surface area contributed by atoms with Gasteiger partial charge in [-0.15, -0.1) is 0 Å². The SMILES string of the molecule is CCN(C(=O)C1CCC1)c1ccc(N2CCOCC2)cc1. The molecule has 2 aliphatic rings. The molecule has 1 aliphatic heterocycles. The Morgan fingerprint density at radius 3 is 2.43 bits per heavy atom. The van der Waals surface area contributed by atoms with Gasteiger partial charge in [-0.25, -0.2) is 0 Å². The molecule has 0 N–H and O–H groups in total. The first-order valence-electron chi connectivity index (χ1n) is 8.03. The van der Waals surface area contributed by atoms with Crippen LogP contribution in [-0.4, -0.2) is 38.8 Å².